The summed E-state index contributed by atoms with van der Waals surface area (Å²) < 4.78 is 0. The van der Waals surface area contributed by atoms with Crippen molar-refractivity contribution in [1.82, 2.24) is 5.32 Å². The van der Waals surface area contributed by atoms with Gasteiger partial charge in [0.15, 0.2) is 0 Å². The molecular weight excluding hydrogens is 158 g/mol. The van der Waals surface area contributed by atoms with Crippen LogP contribution < -0.4 is 5.32 Å². The van der Waals surface area contributed by atoms with Crippen LogP contribution in [-0.4, -0.2) is 6.04 Å². The van der Waals surface area contributed by atoms with Crippen LogP contribution in [0.4, 0.5) is 0 Å². The number of rotatable bonds is 5. The average molecular weight is 174 g/mol. The molecule has 1 rings (SSSR count). The minimum Gasteiger partial charge on any atom is -0.306 e. The number of hydrogen-bond acceptors (Lipinski definition) is 1. The molecule has 1 aromatic rings. The highest BCUT2D eigenvalue weighted by Gasteiger charge is 1.98. The van der Waals surface area contributed by atoms with E-state index in [2.05, 4.69) is 31.0 Å². The van der Waals surface area contributed by atoms with E-state index in [0.717, 1.165) is 13.0 Å². The van der Waals surface area contributed by atoms with E-state index in [0.29, 0.717) is 6.04 Å². The molecule has 0 aliphatic carbocycles. The summed E-state index contributed by atoms with van der Waals surface area (Å²) in [6, 6.07) is 10.6. The predicted octanol–water partition coefficient (Wildman–Crippen LogP) is 2.55. The fourth-order valence-electron chi connectivity index (χ4n) is 1.15. The van der Waals surface area contributed by atoms with Crippen LogP contribution in [0.5, 0.6) is 0 Å². The first-order valence-corrected chi connectivity index (χ1v) is 4.56. The second-order valence-electron chi connectivity index (χ2n) is 3.00. The second-order valence-corrected chi connectivity index (χ2v) is 3.00. The zero-order valence-corrected chi connectivity index (χ0v) is 7.87. The molecule has 0 amide bonds. The van der Waals surface area contributed by atoms with Crippen molar-refractivity contribution < 1.29 is 0 Å². The Labute approximate surface area is 80.5 Å². The fourth-order valence-corrected chi connectivity index (χ4v) is 1.15. The molecule has 1 atom stereocenters. The van der Waals surface area contributed by atoms with E-state index in [1.165, 1.54) is 5.56 Å². The van der Waals surface area contributed by atoms with E-state index in [4.69, 9.17) is 0 Å². The predicted molar refractivity (Wildman–Crippen MR) is 57.2 cm³/mol. The quantitative estimate of drug-likeness (QED) is 0.676. The number of hydrogen-bond donors (Lipinski definition) is 1. The van der Waals surface area contributed by atoms with Gasteiger partial charge in [0.2, 0.25) is 0 Å². The van der Waals surface area contributed by atoms with Crippen LogP contribution in [0.25, 0.3) is 0 Å². The van der Waals surface area contributed by atoms with Gasteiger partial charge in [-0.3, -0.25) is 0 Å². The van der Waals surface area contributed by atoms with Crippen molar-refractivity contribution in [3.63, 3.8) is 0 Å². The maximum Gasteiger partial charge on any atom is 0.0250 e. The van der Waals surface area contributed by atoms with Crippen molar-refractivity contribution in [1.29, 1.82) is 0 Å². The molecule has 0 aromatic heterocycles. The molecule has 0 fully saturated rings. The van der Waals surface area contributed by atoms with Crippen molar-refractivity contribution in [2.75, 3.05) is 0 Å². The SMILES string of the molecule is [CH2]CC(C=C)NCc1ccccc1. The van der Waals surface area contributed by atoms with E-state index < -0.39 is 0 Å². The van der Waals surface area contributed by atoms with Gasteiger partial charge in [-0.25, -0.2) is 0 Å². The maximum absolute atomic E-state index is 3.84. The molecule has 1 unspecified atom stereocenters. The third kappa shape index (κ3) is 3.43. The van der Waals surface area contributed by atoms with Gasteiger partial charge in [-0.2, -0.15) is 0 Å². The van der Waals surface area contributed by atoms with E-state index in [-0.39, 0.29) is 0 Å². The Morgan fingerprint density at radius 2 is 2.00 bits per heavy atom. The normalized spacial score (nSPS) is 12.4. The highest BCUT2D eigenvalue weighted by atomic mass is 14.9. The molecule has 0 aliphatic rings. The molecule has 13 heavy (non-hydrogen) atoms. The molecule has 1 radical (unpaired) electrons. The van der Waals surface area contributed by atoms with Crippen LogP contribution in [0.2, 0.25) is 0 Å². The molecule has 1 heteroatoms. The van der Waals surface area contributed by atoms with Crippen LogP contribution in [-0.2, 0) is 6.54 Å². The summed E-state index contributed by atoms with van der Waals surface area (Å²) in [6.07, 6.45) is 2.74. The van der Waals surface area contributed by atoms with Crippen molar-refractivity contribution >= 4 is 0 Å². The van der Waals surface area contributed by atoms with Crippen LogP contribution in [0.3, 0.4) is 0 Å². The lowest BCUT2D eigenvalue weighted by atomic mass is 10.2. The Balaban J connectivity index is 2.38. The summed E-state index contributed by atoms with van der Waals surface area (Å²) in [5.41, 5.74) is 1.29. The molecule has 1 nitrogen and oxygen atoms in total. The zero-order chi connectivity index (χ0) is 9.52. The topological polar surface area (TPSA) is 12.0 Å². The molecule has 69 valence electrons. The lowest BCUT2D eigenvalue weighted by molar-refractivity contribution is 0.597. The van der Waals surface area contributed by atoms with Crippen LogP contribution in [0.15, 0.2) is 43.0 Å². The van der Waals surface area contributed by atoms with Gasteiger partial charge in [0.05, 0.1) is 0 Å². The molecule has 0 spiro atoms. The van der Waals surface area contributed by atoms with Crippen molar-refractivity contribution in [3.8, 4) is 0 Å². The molecule has 1 aromatic carbocycles. The summed E-state index contributed by atoms with van der Waals surface area (Å²) in [6.45, 7) is 8.46. The van der Waals surface area contributed by atoms with E-state index in [1.54, 1.807) is 0 Å². The average Bonchev–Trinajstić information content (AvgIpc) is 2.21. The highest BCUT2D eigenvalue weighted by molar-refractivity contribution is 5.14. The Bertz CT molecular complexity index is 241. The molecular formula is C12H16N. The largest absolute Gasteiger partial charge is 0.306 e. The zero-order valence-electron chi connectivity index (χ0n) is 7.87. The Morgan fingerprint density at radius 3 is 2.54 bits per heavy atom. The summed E-state index contributed by atoms with van der Waals surface area (Å²) in [7, 11) is 0. The van der Waals surface area contributed by atoms with Crippen LogP contribution >= 0.6 is 0 Å². The molecule has 0 aliphatic heterocycles. The van der Waals surface area contributed by atoms with Gasteiger partial charge >= 0.3 is 0 Å². The fraction of sp³-hybridized carbons (Fsp3) is 0.250. The third-order valence-electron chi connectivity index (χ3n) is 2.01. The molecule has 1 N–H and O–H groups in total. The Hall–Kier alpha value is -1.08. The first-order chi connectivity index (χ1) is 6.36. The van der Waals surface area contributed by atoms with Gasteiger partial charge in [0.25, 0.3) is 0 Å². The van der Waals surface area contributed by atoms with Gasteiger partial charge in [0, 0.05) is 12.6 Å². The molecule has 0 bridgehead atoms. The summed E-state index contributed by atoms with van der Waals surface area (Å²) in [5.74, 6) is 0. The van der Waals surface area contributed by atoms with Crippen molar-refractivity contribution in [2.24, 2.45) is 0 Å². The second kappa shape index (κ2) is 5.55. The standard InChI is InChI=1S/C12H16N/c1-3-12(4-2)13-10-11-8-6-5-7-9-11/h3,5-9,12-13H,1-2,4,10H2. The number of nitrogens with one attached hydrogen (secondary N) is 1. The molecule has 0 heterocycles. The summed E-state index contributed by atoms with van der Waals surface area (Å²) in [5, 5.41) is 3.35. The number of benzene rings is 1. The lowest BCUT2D eigenvalue weighted by Crippen LogP contribution is -2.25. The minimum absolute atomic E-state index is 0.320. The lowest BCUT2D eigenvalue weighted by Gasteiger charge is -2.11. The first-order valence-electron chi connectivity index (χ1n) is 4.56. The first kappa shape index (κ1) is 10.0. The van der Waals surface area contributed by atoms with Gasteiger partial charge < -0.3 is 5.32 Å². The van der Waals surface area contributed by atoms with Gasteiger partial charge in [-0.15, -0.1) is 6.58 Å². The molecule has 0 saturated carbocycles. The van der Waals surface area contributed by atoms with Gasteiger partial charge in [0.1, 0.15) is 0 Å². The summed E-state index contributed by atoms with van der Waals surface area (Å²) >= 11 is 0. The Morgan fingerprint density at radius 1 is 1.31 bits per heavy atom. The highest BCUT2D eigenvalue weighted by Crippen LogP contribution is 1.99. The smallest absolute Gasteiger partial charge is 0.0250 e. The van der Waals surface area contributed by atoms with Crippen LogP contribution in [0, 0.1) is 6.92 Å². The van der Waals surface area contributed by atoms with Crippen molar-refractivity contribution in [3.05, 3.63) is 55.5 Å². The summed E-state index contributed by atoms with van der Waals surface area (Å²) in [4.78, 5) is 0. The van der Waals surface area contributed by atoms with E-state index in [9.17, 15) is 0 Å². The van der Waals surface area contributed by atoms with E-state index in [1.807, 2.05) is 24.3 Å². The van der Waals surface area contributed by atoms with Crippen molar-refractivity contribution in [2.45, 2.75) is 19.0 Å². The Kier molecular flexibility index (Phi) is 4.27. The van der Waals surface area contributed by atoms with Gasteiger partial charge in [-0.1, -0.05) is 43.3 Å². The maximum atomic E-state index is 3.84. The molecule has 0 saturated heterocycles. The van der Waals surface area contributed by atoms with Crippen LogP contribution in [0.1, 0.15) is 12.0 Å². The van der Waals surface area contributed by atoms with E-state index >= 15 is 0 Å². The van der Waals surface area contributed by atoms with Gasteiger partial charge in [-0.05, 0) is 12.0 Å². The monoisotopic (exact) mass is 174 g/mol. The minimum atomic E-state index is 0.320. The third-order valence-corrected chi connectivity index (χ3v) is 2.01.